The number of para-hydroxylation sites is 4. The minimum atomic E-state index is -1.30. The third kappa shape index (κ3) is 37.5. The minimum absolute atomic E-state index is 0.147. The van der Waals surface area contributed by atoms with Crippen molar-refractivity contribution in [3.63, 3.8) is 0 Å². The van der Waals surface area contributed by atoms with Crippen molar-refractivity contribution >= 4 is 322 Å². The van der Waals surface area contributed by atoms with Crippen LogP contribution in [0.2, 0.25) is 0 Å². The van der Waals surface area contributed by atoms with E-state index in [4.69, 9.17) is 185 Å². The van der Waals surface area contributed by atoms with Crippen molar-refractivity contribution in [1.82, 2.24) is 0 Å². The van der Waals surface area contributed by atoms with Crippen LogP contribution in [0.15, 0.2) is 324 Å². The van der Waals surface area contributed by atoms with E-state index in [1.165, 1.54) is 0 Å². The number of nitrogens with zero attached hydrogens (tertiary/aromatic N) is 5. The van der Waals surface area contributed by atoms with Crippen LogP contribution in [-0.2, 0) is 0 Å². The predicted octanol–water partition coefficient (Wildman–Crippen LogP) is -5.28. The maximum absolute atomic E-state index is 9.42. The first-order chi connectivity index (χ1) is 57.7. The Kier molecular flexibility index (Phi) is 52.7. The van der Waals surface area contributed by atoms with E-state index in [9.17, 15) is 5.26 Å². The molecule has 4 aliphatic rings. The van der Waals surface area contributed by atoms with E-state index >= 15 is 0 Å². The van der Waals surface area contributed by atoms with E-state index in [-0.39, 0.29) is 12.1 Å². The van der Waals surface area contributed by atoms with Gasteiger partial charge in [-0.2, -0.15) is 5.26 Å². The highest BCUT2D eigenvalue weighted by Crippen LogP contribution is 2.36. The average molecular weight is 1450 g/mol. The molecule has 0 aliphatic carbocycles. The second kappa shape index (κ2) is 61.0. The van der Waals surface area contributed by atoms with Crippen LogP contribution in [0.1, 0.15) is 12.8 Å². The van der Waals surface area contributed by atoms with Crippen molar-refractivity contribution in [3.8, 4) is 17.6 Å². The monoisotopic (exact) mass is 1450 g/mol. The second-order valence-corrected chi connectivity index (χ2v) is 25.3. The fourth-order valence-electron chi connectivity index (χ4n) is 13.0. The number of hydrogen-bond donors (Lipinski definition) is 1. The summed E-state index contributed by atoms with van der Waals surface area (Å²) < 4.78 is 11.3. The van der Waals surface area contributed by atoms with Gasteiger partial charge in [-0.05, 0) is 129 Å². The van der Waals surface area contributed by atoms with Crippen LogP contribution in [0.25, 0.3) is 0 Å². The zero-order chi connectivity index (χ0) is 88.6. The molecule has 120 heavy (non-hydrogen) atoms. The molecule has 6 rings (SSSR count). The Labute approximate surface area is 745 Å². The number of ether oxygens (including phenoxy) is 2. The minimum Gasteiger partial charge on any atom is -0.490 e. The number of nitriles is 1. The molecule has 2 N–H and O–H groups in total. The van der Waals surface area contributed by atoms with Gasteiger partial charge < -0.3 is 25.0 Å². The molecule has 4 heterocycles. The number of rotatable bonds is 24. The third-order valence-corrected chi connectivity index (χ3v) is 17.5. The smallest absolute Gasteiger partial charge is 0.159 e. The standard InChI is InChI=1S/C42H4.C14H17N3O.C14H13N3O.B42/c1-3-5-7-9-11-13-15-17-19-21-23-25-27-29-31-33-35-37-39-41-42-40-38-36-34-32-30-28-26-24-22-20-18-16-14-12-10-8-6-4-2;2*15-10-13(11-4-3-7-16-11)17-8-9-18-14-6-2-1-5-12(14)17;1-23(2)34(24(3)4)39(33(21)22)42(40(35(25(5)6)26(7)8)36(27(9)10)28(11)12)41(37(29(13)14)30(15)16)38(31(17)18)32(19)20/h1-2H2;1-2,4-7,13H,3,8-10,15H2;1-2,4-7,13H,3,8-9H2;. The first-order valence-electron chi connectivity index (χ1n) is 36.4. The molecular weight excluding hydrogens is 1410 g/mol. The highest BCUT2D eigenvalue weighted by atomic mass is 16.5. The van der Waals surface area contributed by atoms with Gasteiger partial charge in [0, 0.05) is 456 Å². The van der Waals surface area contributed by atoms with Gasteiger partial charge >= 0.3 is 0 Å². The van der Waals surface area contributed by atoms with Crippen molar-refractivity contribution < 1.29 is 9.47 Å². The number of hydrogen-bond acceptors (Lipinski definition) is 8. The Morgan fingerprint density at radius 2 is 0.550 bits per heavy atom. The summed E-state index contributed by atoms with van der Waals surface area (Å²) in [5.74, 6) is 1.77. The molecule has 2 unspecified atom stereocenters. The molecule has 2 aromatic rings. The molecule has 0 bridgehead atoms. The number of fused-ring (bicyclic) bond motifs is 2. The molecule has 0 saturated heterocycles. The number of nitrogens with two attached hydrogens (primary N) is 1. The van der Waals surface area contributed by atoms with E-state index in [0.717, 1.165) is 53.7 Å². The highest BCUT2D eigenvalue weighted by Gasteiger charge is 2.58. The molecule has 4 aliphatic heterocycles. The van der Waals surface area contributed by atoms with Crippen molar-refractivity contribution in [2.24, 2.45) is 15.7 Å². The fourth-order valence-corrected chi connectivity index (χ4v) is 13.0. The summed E-state index contributed by atoms with van der Waals surface area (Å²) in [6, 6.07) is 18.1. The summed E-state index contributed by atoms with van der Waals surface area (Å²) in [4.78, 5) is 13.1. The van der Waals surface area contributed by atoms with Crippen LogP contribution in [0.4, 0.5) is 11.4 Å². The topological polar surface area (TPSA) is 99.5 Å². The molecule has 482 valence electrons. The summed E-state index contributed by atoms with van der Waals surface area (Å²) in [5.41, 5.74) is 109. The highest BCUT2D eigenvalue weighted by molar-refractivity contribution is 8.33. The van der Waals surface area contributed by atoms with Crippen LogP contribution < -0.4 is 25.0 Å². The number of benzene rings is 2. The normalized spacial score (nSPS) is 10.4. The van der Waals surface area contributed by atoms with E-state index in [2.05, 4.69) is 280 Å². The van der Waals surface area contributed by atoms with Crippen LogP contribution in [-0.4, -0.2) is 355 Å². The third-order valence-electron chi connectivity index (χ3n) is 17.5. The molecule has 44 radical (unpaired) electrons. The lowest BCUT2D eigenvalue weighted by molar-refractivity contribution is 0.303. The van der Waals surface area contributed by atoms with Gasteiger partial charge in [-0.15, -0.1) is 0 Å². The van der Waals surface area contributed by atoms with Gasteiger partial charge in [0.2, 0.25) is 0 Å². The van der Waals surface area contributed by atoms with Gasteiger partial charge in [0.1, 0.15) is 24.7 Å². The summed E-state index contributed by atoms with van der Waals surface area (Å²) in [7, 11) is 138. The number of allylic oxidation sites excluding steroid dienone is 2. The van der Waals surface area contributed by atoms with Gasteiger partial charge in [0.05, 0.1) is 48.0 Å². The zero-order valence-corrected chi connectivity index (χ0v) is 65.8. The molecule has 0 saturated carbocycles. The maximum Gasteiger partial charge on any atom is 0.159 e. The molecule has 2 aromatic carbocycles. The van der Waals surface area contributed by atoms with Crippen molar-refractivity contribution in [2.45, 2.75) is 24.9 Å². The lowest BCUT2D eigenvalue weighted by Gasteiger charge is -2.55. The Hall–Kier alpha value is -10.4. The van der Waals surface area contributed by atoms with Gasteiger partial charge in [-0.25, -0.2) is 0 Å². The Morgan fingerprint density at radius 3 is 0.783 bits per heavy atom. The Balaban J connectivity index is 0.000000440. The first kappa shape index (κ1) is 104. The Bertz CT molecular complexity index is 5490. The Morgan fingerprint density at radius 1 is 0.325 bits per heavy atom. The quantitative estimate of drug-likeness (QED) is 0.0835. The van der Waals surface area contributed by atoms with E-state index in [1.807, 2.05) is 61.0 Å². The SMILES string of the molecule is C=C=C=C=C=C=C=C=C=C=C=C=C=C=C=C=C=C=C=C=C=C=C=C=C=C=C=C=C=C=C=C=C=C=C=C=C=C=C=C=C=C.N#CC(C1=CCC=N1)N1CCOc2ccccc21.NCC(C1=CCC=N1)N1CCOc2ccccc21.[B]B([B])B(B([B])[B])B(B([B])[B])B(B(B(B([B])[B])B([B])[B])B(B([B])[B])B([B])[B])B(B(B([B])[B])B([B])[B])B(B([B])[B])B([B])[B]. The molecule has 0 fully saturated rings. The van der Waals surface area contributed by atoms with Gasteiger partial charge in [-0.3, -0.25) is 9.98 Å². The van der Waals surface area contributed by atoms with Gasteiger partial charge in [0.25, 0.3) is 0 Å². The molecule has 50 heteroatoms. The summed E-state index contributed by atoms with van der Waals surface area (Å²) in [5, 5.41) is 9.42. The lowest BCUT2D eigenvalue weighted by atomic mass is 8.27. The average Bonchev–Trinajstić information content (AvgIpc) is 0.935. The molecule has 8 nitrogen and oxygen atoms in total. The van der Waals surface area contributed by atoms with Gasteiger partial charge in [-0.1, -0.05) is 47.9 Å². The van der Waals surface area contributed by atoms with Crippen molar-refractivity contribution in [2.75, 3.05) is 42.6 Å². The number of aliphatic imine (C=N–C) groups is 2. The summed E-state index contributed by atoms with van der Waals surface area (Å²) in [6.45, 7) is 10.1. The predicted molar refractivity (Wildman–Crippen MR) is 537 cm³/mol. The molecule has 2 atom stereocenters. The molecule has 0 spiro atoms. The van der Waals surface area contributed by atoms with E-state index in [1.54, 1.807) is 0 Å². The van der Waals surface area contributed by atoms with E-state index in [0.29, 0.717) is 26.3 Å². The zero-order valence-electron chi connectivity index (χ0n) is 65.8. The van der Waals surface area contributed by atoms with Crippen LogP contribution in [0, 0.1) is 11.3 Å². The molecule has 0 amide bonds. The van der Waals surface area contributed by atoms with Crippen LogP contribution in [0.3, 0.4) is 0 Å². The largest absolute Gasteiger partial charge is 0.490 e. The van der Waals surface area contributed by atoms with E-state index < -0.39 is 128 Å². The molecule has 0 aromatic heterocycles. The summed E-state index contributed by atoms with van der Waals surface area (Å²) in [6.07, 6.45) is -13.8. The first-order valence-corrected chi connectivity index (χ1v) is 36.4. The fraction of sp³-hybridized carbons (Fsp3) is 0.129. The van der Waals surface area contributed by atoms with Crippen LogP contribution in [0.5, 0.6) is 11.5 Å². The molecular formula is C70H34B42N6O2. The van der Waals surface area contributed by atoms with Crippen molar-refractivity contribution in [1.29, 1.82) is 5.26 Å². The lowest BCUT2D eigenvalue weighted by Crippen LogP contribution is -2.93. The maximum atomic E-state index is 9.42. The second-order valence-electron chi connectivity index (χ2n) is 25.3. The summed E-state index contributed by atoms with van der Waals surface area (Å²) >= 11 is 0. The van der Waals surface area contributed by atoms with Crippen molar-refractivity contribution in [3.05, 3.63) is 314 Å². The number of anilines is 2. The van der Waals surface area contributed by atoms with Crippen LogP contribution >= 0.6 is 0 Å². The van der Waals surface area contributed by atoms with Gasteiger partial charge in [0.15, 0.2) is 6.04 Å².